The second kappa shape index (κ2) is 11.4. The van der Waals surface area contributed by atoms with E-state index in [2.05, 4.69) is 17.4 Å². The lowest BCUT2D eigenvalue weighted by Crippen LogP contribution is -2.46. The third kappa shape index (κ3) is 6.12. The van der Waals surface area contributed by atoms with Crippen molar-refractivity contribution in [3.05, 3.63) is 90.0 Å². The number of hydrogen-bond acceptors (Lipinski definition) is 4. The van der Waals surface area contributed by atoms with Gasteiger partial charge in [0.25, 0.3) is 0 Å². The van der Waals surface area contributed by atoms with Crippen LogP contribution in [0.15, 0.2) is 78.9 Å². The molecule has 3 amide bonds. The lowest BCUT2D eigenvalue weighted by molar-refractivity contribution is -0.117. The van der Waals surface area contributed by atoms with Gasteiger partial charge in [-0.2, -0.15) is 0 Å². The molecule has 1 aliphatic rings. The maximum atomic E-state index is 13.3. The Kier molecular flexibility index (Phi) is 7.88. The summed E-state index contributed by atoms with van der Waals surface area (Å²) in [5.74, 6) is 1.12. The second-order valence-corrected chi connectivity index (χ2v) is 8.54. The third-order valence-electron chi connectivity index (χ3n) is 6.15. The molecule has 4 rings (SSSR count). The minimum Gasteiger partial charge on any atom is -0.493 e. The molecule has 0 spiro atoms. The van der Waals surface area contributed by atoms with Crippen molar-refractivity contribution in [2.45, 2.75) is 25.4 Å². The molecule has 1 heterocycles. The van der Waals surface area contributed by atoms with E-state index in [1.807, 2.05) is 59.5 Å². The number of hydrogen-bond donors (Lipinski definition) is 1. The van der Waals surface area contributed by atoms with Gasteiger partial charge in [0.1, 0.15) is 0 Å². The Balaban J connectivity index is 1.43. The van der Waals surface area contributed by atoms with Gasteiger partial charge in [-0.3, -0.25) is 4.79 Å². The van der Waals surface area contributed by atoms with Gasteiger partial charge >= 0.3 is 6.03 Å². The maximum Gasteiger partial charge on any atom is 0.318 e. The van der Waals surface area contributed by atoms with Crippen molar-refractivity contribution in [3.63, 3.8) is 0 Å². The highest BCUT2D eigenvalue weighted by molar-refractivity contribution is 5.97. The zero-order chi connectivity index (χ0) is 24.6. The highest BCUT2D eigenvalue weighted by Crippen LogP contribution is 2.33. The Labute approximate surface area is 206 Å². The summed E-state index contributed by atoms with van der Waals surface area (Å²) in [5.41, 5.74) is 2.95. The van der Waals surface area contributed by atoms with Gasteiger partial charge in [-0.25, -0.2) is 4.79 Å². The fourth-order valence-electron chi connectivity index (χ4n) is 4.28. The van der Waals surface area contributed by atoms with Crippen molar-refractivity contribution in [2.75, 3.05) is 32.2 Å². The second-order valence-electron chi connectivity index (χ2n) is 8.54. The van der Waals surface area contributed by atoms with Crippen LogP contribution in [-0.2, 0) is 17.8 Å². The first-order valence-corrected chi connectivity index (χ1v) is 11.7. The number of amides is 3. The Bertz CT molecular complexity index is 1140. The largest absolute Gasteiger partial charge is 0.493 e. The third-order valence-corrected chi connectivity index (χ3v) is 6.15. The van der Waals surface area contributed by atoms with Crippen LogP contribution in [0.4, 0.5) is 10.5 Å². The van der Waals surface area contributed by atoms with Crippen LogP contribution in [0, 0.1) is 0 Å². The number of ether oxygens (including phenoxy) is 2. The number of nitrogens with one attached hydrogen (secondary N) is 1. The van der Waals surface area contributed by atoms with Crippen LogP contribution in [0.25, 0.3) is 0 Å². The van der Waals surface area contributed by atoms with Crippen LogP contribution in [0.2, 0.25) is 0 Å². The topological polar surface area (TPSA) is 71.1 Å². The Morgan fingerprint density at radius 3 is 2.26 bits per heavy atom. The SMILES string of the molecule is COc1ccc(N2CC(NC(=O)N(CCc3ccccc3)Cc3ccccc3)CC2=O)cc1OC. The molecule has 35 heavy (non-hydrogen) atoms. The minimum absolute atomic E-state index is 0.0404. The summed E-state index contributed by atoms with van der Waals surface area (Å²) >= 11 is 0. The van der Waals surface area contributed by atoms with Gasteiger partial charge in [-0.15, -0.1) is 0 Å². The zero-order valence-corrected chi connectivity index (χ0v) is 20.1. The van der Waals surface area contributed by atoms with Crippen molar-refractivity contribution < 1.29 is 19.1 Å². The number of rotatable bonds is 9. The number of carbonyl (C=O) groups excluding carboxylic acids is 2. The lowest BCUT2D eigenvalue weighted by Gasteiger charge is -2.25. The monoisotopic (exact) mass is 473 g/mol. The molecule has 0 aliphatic carbocycles. The van der Waals surface area contributed by atoms with Gasteiger partial charge in [-0.1, -0.05) is 60.7 Å². The van der Waals surface area contributed by atoms with Crippen LogP contribution >= 0.6 is 0 Å². The fourth-order valence-corrected chi connectivity index (χ4v) is 4.28. The Hall–Kier alpha value is -4.00. The predicted molar refractivity (Wildman–Crippen MR) is 136 cm³/mol. The number of nitrogens with zero attached hydrogens (tertiary/aromatic N) is 2. The van der Waals surface area contributed by atoms with Crippen LogP contribution in [0.5, 0.6) is 11.5 Å². The molecule has 3 aromatic carbocycles. The zero-order valence-electron chi connectivity index (χ0n) is 20.1. The summed E-state index contributed by atoms with van der Waals surface area (Å²) in [6.07, 6.45) is 1.00. The Morgan fingerprint density at radius 2 is 1.60 bits per heavy atom. The highest BCUT2D eigenvalue weighted by Gasteiger charge is 2.33. The quantitative estimate of drug-likeness (QED) is 0.504. The summed E-state index contributed by atoms with van der Waals surface area (Å²) < 4.78 is 10.7. The molecule has 0 saturated carbocycles. The van der Waals surface area contributed by atoms with Crippen molar-refractivity contribution in [1.82, 2.24) is 10.2 Å². The number of anilines is 1. The summed E-state index contributed by atoms with van der Waals surface area (Å²) in [7, 11) is 3.14. The standard InChI is InChI=1S/C28H31N3O4/c1-34-25-14-13-24(18-26(25)35-2)31-20-23(17-27(31)32)29-28(33)30(19-22-11-7-4-8-12-22)16-15-21-9-5-3-6-10-21/h3-14,18,23H,15-17,19-20H2,1-2H3,(H,29,33). The van der Waals surface area contributed by atoms with Crippen molar-refractivity contribution in [1.29, 1.82) is 0 Å². The van der Waals surface area contributed by atoms with E-state index in [0.29, 0.717) is 31.1 Å². The van der Waals surface area contributed by atoms with Gasteiger partial charge < -0.3 is 24.6 Å². The van der Waals surface area contributed by atoms with Crippen molar-refractivity contribution in [2.24, 2.45) is 0 Å². The first-order valence-electron chi connectivity index (χ1n) is 11.7. The minimum atomic E-state index is -0.280. The average Bonchev–Trinajstić information content (AvgIpc) is 3.26. The van der Waals surface area contributed by atoms with Gasteiger partial charge in [0.05, 0.1) is 20.3 Å². The molecule has 1 fully saturated rings. The van der Waals surface area contributed by atoms with Crippen LogP contribution in [-0.4, -0.2) is 50.2 Å². The predicted octanol–water partition coefficient (Wildman–Crippen LogP) is 4.26. The van der Waals surface area contributed by atoms with Gasteiger partial charge in [0.15, 0.2) is 11.5 Å². The van der Waals surface area contributed by atoms with Gasteiger partial charge in [0.2, 0.25) is 5.91 Å². The van der Waals surface area contributed by atoms with Crippen molar-refractivity contribution in [3.8, 4) is 11.5 Å². The molecule has 1 saturated heterocycles. The van der Waals surface area contributed by atoms with E-state index in [4.69, 9.17) is 9.47 Å². The Morgan fingerprint density at radius 1 is 0.943 bits per heavy atom. The molecule has 0 bridgehead atoms. The van der Waals surface area contributed by atoms with Gasteiger partial charge in [-0.05, 0) is 29.7 Å². The van der Waals surface area contributed by atoms with Crippen LogP contribution in [0.3, 0.4) is 0 Å². The van der Waals surface area contributed by atoms with Gasteiger partial charge in [0, 0.05) is 37.8 Å². The average molecular weight is 474 g/mol. The summed E-state index contributed by atoms with van der Waals surface area (Å²) in [4.78, 5) is 29.6. The molecular weight excluding hydrogens is 442 g/mol. The number of benzene rings is 3. The van der Waals surface area contributed by atoms with E-state index in [9.17, 15) is 9.59 Å². The lowest BCUT2D eigenvalue weighted by atomic mass is 10.1. The normalized spacial score (nSPS) is 15.1. The highest BCUT2D eigenvalue weighted by atomic mass is 16.5. The summed E-state index contributed by atoms with van der Waals surface area (Å²) in [6, 6.07) is 25.0. The first-order chi connectivity index (χ1) is 17.1. The summed E-state index contributed by atoms with van der Waals surface area (Å²) in [6.45, 7) is 1.47. The summed E-state index contributed by atoms with van der Waals surface area (Å²) in [5, 5.41) is 3.09. The van der Waals surface area contributed by atoms with Crippen LogP contribution in [0.1, 0.15) is 17.5 Å². The molecule has 182 valence electrons. The molecule has 7 heteroatoms. The first kappa shape index (κ1) is 24.1. The smallest absolute Gasteiger partial charge is 0.318 e. The van der Waals surface area contributed by atoms with Crippen molar-refractivity contribution >= 4 is 17.6 Å². The molecule has 3 aromatic rings. The molecule has 1 aliphatic heterocycles. The van der Waals surface area contributed by atoms with E-state index < -0.39 is 0 Å². The van der Waals surface area contributed by atoms with Crippen LogP contribution < -0.4 is 19.7 Å². The van der Waals surface area contributed by atoms with E-state index in [0.717, 1.165) is 17.7 Å². The number of methoxy groups -OCH3 is 2. The fraction of sp³-hybridized carbons (Fsp3) is 0.286. The molecule has 1 atom stereocenters. The van der Waals surface area contributed by atoms with E-state index in [1.165, 1.54) is 5.56 Å². The number of urea groups is 1. The molecule has 1 unspecified atom stereocenters. The maximum absolute atomic E-state index is 13.3. The molecule has 1 N–H and O–H groups in total. The molecule has 0 aromatic heterocycles. The molecule has 0 radical (unpaired) electrons. The van der Waals surface area contributed by atoms with E-state index in [1.54, 1.807) is 31.3 Å². The molecule has 7 nitrogen and oxygen atoms in total. The number of carbonyl (C=O) groups is 2. The van der Waals surface area contributed by atoms with E-state index >= 15 is 0 Å². The van der Waals surface area contributed by atoms with E-state index in [-0.39, 0.29) is 24.4 Å². The molecular formula is C28H31N3O4.